The Morgan fingerprint density at radius 2 is 1.28 bits per heavy atom. The summed E-state index contributed by atoms with van der Waals surface area (Å²) in [5.41, 5.74) is -0.828. The molecule has 3 aromatic rings. The number of aliphatic hydroxyl groups excluding tert-OH is 8. The van der Waals surface area contributed by atoms with Crippen LogP contribution >= 0.6 is 0 Å². The summed E-state index contributed by atoms with van der Waals surface area (Å²) < 4.78 is 27.1. The van der Waals surface area contributed by atoms with Crippen molar-refractivity contribution < 1.29 is 74.4 Å². The fourth-order valence-corrected chi connectivity index (χ4v) is 4.84. The third-order valence-electron chi connectivity index (χ3n) is 7.29. The lowest BCUT2D eigenvalue weighted by molar-refractivity contribution is -0.277. The number of benzene rings is 2. The first-order valence-electron chi connectivity index (χ1n) is 13.0. The van der Waals surface area contributed by atoms with Crippen molar-refractivity contribution in [2.45, 2.75) is 61.4 Å². The summed E-state index contributed by atoms with van der Waals surface area (Å²) in [6.45, 7) is -1.38. The summed E-state index contributed by atoms with van der Waals surface area (Å²) in [4.78, 5) is 13.4. The summed E-state index contributed by atoms with van der Waals surface area (Å²) in [7, 11) is 0. The highest BCUT2D eigenvalue weighted by atomic mass is 16.7. The number of phenols is 2. The van der Waals surface area contributed by atoms with Crippen LogP contribution in [0.4, 0.5) is 0 Å². The molecule has 2 aliphatic rings. The highest BCUT2D eigenvalue weighted by molar-refractivity contribution is 5.88. The van der Waals surface area contributed by atoms with Crippen LogP contribution in [0.2, 0.25) is 0 Å². The number of hydrogen-bond acceptors (Lipinski definition) is 16. The van der Waals surface area contributed by atoms with Crippen LogP contribution in [0.3, 0.4) is 0 Å². The number of aliphatic hydroxyl groups is 8. The lowest BCUT2D eigenvalue weighted by Gasteiger charge is -2.39. The number of hydrogen-bond donors (Lipinski definition) is 10. The van der Waals surface area contributed by atoms with E-state index in [1.807, 2.05) is 0 Å². The Morgan fingerprint density at radius 3 is 1.86 bits per heavy atom. The number of aromatic hydroxyl groups is 2. The lowest BCUT2D eigenvalue weighted by Crippen LogP contribution is -2.60. The molecule has 0 saturated carbocycles. The molecular formula is C27H30O16. The van der Waals surface area contributed by atoms with E-state index < -0.39 is 91.6 Å². The molecule has 1 aromatic heterocycles. The average Bonchev–Trinajstić information content (AvgIpc) is 2.98. The number of phenolic OH excluding ortho intramolecular Hbond substituents is 2. The first-order valence-corrected chi connectivity index (χ1v) is 13.0. The Hall–Kier alpha value is -3.55. The molecule has 0 aliphatic carbocycles. The summed E-state index contributed by atoms with van der Waals surface area (Å²) in [5.74, 6) is -1.48. The highest BCUT2D eigenvalue weighted by Gasteiger charge is 2.46. The van der Waals surface area contributed by atoms with Crippen LogP contribution in [-0.4, -0.2) is 126 Å². The standard InChI is InChI=1S/C27H30O16/c28-6-16-20(33)22(35)24(37)26(42-16)40-10-4-13(31)18-15(5-10)39-8-11(19(18)32)9-1-2-12(30)14(3-9)41-27-25(38)23(36)21(34)17(7-29)43-27/h1-5,8,16-17,20-31,33-38H,6-7H2/t16-,17-,20-,21-,22+,23+,24-,25-,26-,27-/m1/s1. The molecule has 0 unspecified atom stereocenters. The Kier molecular flexibility index (Phi) is 8.77. The third-order valence-corrected chi connectivity index (χ3v) is 7.29. The Labute approximate surface area is 241 Å². The molecule has 5 rings (SSSR count). The van der Waals surface area contributed by atoms with Crippen molar-refractivity contribution in [3.8, 4) is 34.1 Å². The summed E-state index contributed by atoms with van der Waals surface area (Å²) >= 11 is 0. The molecular weight excluding hydrogens is 580 g/mol. The van der Waals surface area contributed by atoms with Gasteiger partial charge in [0.15, 0.2) is 11.5 Å². The van der Waals surface area contributed by atoms with E-state index in [2.05, 4.69) is 0 Å². The molecule has 0 radical (unpaired) electrons. The van der Waals surface area contributed by atoms with Crippen molar-refractivity contribution in [2.24, 2.45) is 0 Å². The Bertz CT molecular complexity index is 1500. The van der Waals surface area contributed by atoms with Gasteiger partial charge in [-0.3, -0.25) is 4.79 Å². The quantitative estimate of drug-likeness (QED) is 0.130. The number of rotatable bonds is 7. The fourth-order valence-electron chi connectivity index (χ4n) is 4.84. The summed E-state index contributed by atoms with van der Waals surface area (Å²) in [5, 5.41) is 99.8. The number of ether oxygens (including phenoxy) is 4. The fraction of sp³-hybridized carbons (Fsp3) is 0.444. The maximum Gasteiger partial charge on any atom is 0.229 e. The van der Waals surface area contributed by atoms with Crippen molar-refractivity contribution in [1.82, 2.24) is 0 Å². The molecule has 2 aliphatic heterocycles. The van der Waals surface area contributed by atoms with Gasteiger partial charge < -0.3 is 74.4 Å². The van der Waals surface area contributed by atoms with E-state index in [1.165, 1.54) is 18.2 Å². The molecule has 2 fully saturated rings. The van der Waals surface area contributed by atoms with Gasteiger partial charge in [0.2, 0.25) is 18.0 Å². The molecule has 16 heteroatoms. The van der Waals surface area contributed by atoms with Crippen molar-refractivity contribution >= 4 is 11.0 Å². The maximum atomic E-state index is 13.4. The molecule has 0 bridgehead atoms. The van der Waals surface area contributed by atoms with E-state index in [-0.39, 0.29) is 33.6 Å². The molecule has 2 saturated heterocycles. The van der Waals surface area contributed by atoms with E-state index in [9.17, 15) is 55.9 Å². The van der Waals surface area contributed by atoms with Crippen LogP contribution in [0.15, 0.2) is 45.8 Å². The van der Waals surface area contributed by atoms with Gasteiger partial charge in [-0.2, -0.15) is 0 Å². The van der Waals surface area contributed by atoms with Gasteiger partial charge in [-0.25, -0.2) is 0 Å². The van der Waals surface area contributed by atoms with E-state index in [1.54, 1.807) is 0 Å². The molecule has 10 atom stereocenters. The second-order valence-corrected chi connectivity index (χ2v) is 10.1. The van der Waals surface area contributed by atoms with E-state index in [0.717, 1.165) is 18.4 Å². The minimum absolute atomic E-state index is 0.0935. The second kappa shape index (κ2) is 12.2. The lowest BCUT2D eigenvalue weighted by atomic mass is 9.99. The zero-order chi connectivity index (χ0) is 31.2. The molecule has 0 spiro atoms. The SMILES string of the molecule is O=c1c(-c2ccc(O)c(O[C@@H]3O[C@H](CO)[C@@H](O)[C@H](O)[C@H]3O)c2)coc2cc(O[C@@H]3O[C@H](CO)[C@@H](O)[C@H](O)[C@H]3O)cc(O)c12. The minimum Gasteiger partial charge on any atom is -0.507 e. The average molecular weight is 611 g/mol. The number of fused-ring (bicyclic) bond motifs is 1. The zero-order valence-corrected chi connectivity index (χ0v) is 22.1. The normalized spacial score (nSPS) is 32.9. The predicted molar refractivity (Wildman–Crippen MR) is 140 cm³/mol. The Balaban J connectivity index is 1.42. The molecule has 16 nitrogen and oxygen atoms in total. The second-order valence-electron chi connectivity index (χ2n) is 10.1. The molecule has 2 aromatic carbocycles. The van der Waals surface area contributed by atoms with Gasteiger partial charge >= 0.3 is 0 Å². The van der Waals surface area contributed by atoms with E-state index in [4.69, 9.17) is 23.4 Å². The van der Waals surface area contributed by atoms with Crippen molar-refractivity contribution in [2.75, 3.05) is 13.2 Å². The first-order chi connectivity index (χ1) is 20.4. The van der Waals surface area contributed by atoms with Crippen LogP contribution in [0.25, 0.3) is 22.1 Å². The molecule has 0 amide bonds. The molecule has 234 valence electrons. The van der Waals surface area contributed by atoms with Crippen LogP contribution in [0.1, 0.15) is 0 Å². The molecule has 43 heavy (non-hydrogen) atoms. The van der Waals surface area contributed by atoms with E-state index in [0.29, 0.717) is 0 Å². The zero-order valence-electron chi connectivity index (χ0n) is 22.1. The Morgan fingerprint density at radius 1 is 0.698 bits per heavy atom. The summed E-state index contributed by atoms with van der Waals surface area (Å²) in [6.07, 6.45) is -14.8. The van der Waals surface area contributed by atoms with Gasteiger partial charge in [0.1, 0.15) is 77.6 Å². The van der Waals surface area contributed by atoms with Gasteiger partial charge in [0.05, 0.1) is 18.8 Å². The topological polar surface area (TPSA) is 269 Å². The van der Waals surface area contributed by atoms with Crippen molar-refractivity contribution in [3.05, 3.63) is 46.8 Å². The van der Waals surface area contributed by atoms with Gasteiger partial charge in [0.25, 0.3) is 0 Å². The van der Waals surface area contributed by atoms with Crippen molar-refractivity contribution in [3.63, 3.8) is 0 Å². The monoisotopic (exact) mass is 610 g/mol. The van der Waals surface area contributed by atoms with Crippen LogP contribution in [0.5, 0.6) is 23.0 Å². The van der Waals surface area contributed by atoms with Crippen LogP contribution in [-0.2, 0) is 9.47 Å². The largest absolute Gasteiger partial charge is 0.507 e. The van der Waals surface area contributed by atoms with Crippen LogP contribution in [0, 0.1) is 0 Å². The van der Waals surface area contributed by atoms with Gasteiger partial charge in [-0.05, 0) is 17.7 Å². The predicted octanol–water partition coefficient (Wildman–Crippen LogP) is -2.77. The minimum atomic E-state index is -1.76. The van der Waals surface area contributed by atoms with Crippen LogP contribution < -0.4 is 14.9 Å². The third kappa shape index (κ3) is 5.73. The van der Waals surface area contributed by atoms with Gasteiger partial charge in [-0.1, -0.05) is 6.07 Å². The van der Waals surface area contributed by atoms with Gasteiger partial charge in [0, 0.05) is 12.1 Å². The molecule has 10 N–H and O–H groups in total. The molecule has 3 heterocycles. The van der Waals surface area contributed by atoms with Crippen molar-refractivity contribution in [1.29, 1.82) is 0 Å². The van der Waals surface area contributed by atoms with Gasteiger partial charge in [-0.15, -0.1) is 0 Å². The van der Waals surface area contributed by atoms with E-state index >= 15 is 0 Å². The maximum absolute atomic E-state index is 13.4. The highest BCUT2D eigenvalue weighted by Crippen LogP contribution is 2.36. The summed E-state index contributed by atoms with van der Waals surface area (Å²) in [6, 6.07) is 5.92. The first kappa shape index (κ1) is 30.9. The smallest absolute Gasteiger partial charge is 0.229 e.